The zero-order chi connectivity index (χ0) is 14.8. The van der Waals surface area contributed by atoms with Crippen LogP contribution in [0.2, 0.25) is 0 Å². The first-order valence-electron chi connectivity index (χ1n) is 7.84. The maximum Gasteiger partial charge on any atom is 0.161 e. The Morgan fingerprint density at radius 1 is 1.05 bits per heavy atom. The van der Waals surface area contributed by atoms with Crippen LogP contribution in [0.1, 0.15) is 47.0 Å². The first-order valence-corrected chi connectivity index (χ1v) is 7.84. The molecule has 0 amide bonds. The van der Waals surface area contributed by atoms with Gasteiger partial charge in [-0.15, -0.1) is 0 Å². The van der Waals surface area contributed by atoms with Crippen LogP contribution < -0.4 is 14.8 Å². The lowest BCUT2D eigenvalue weighted by Crippen LogP contribution is -2.41. The van der Waals surface area contributed by atoms with E-state index < -0.39 is 0 Å². The molecule has 0 aromatic heterocycles. The van der Waals surface area contributed by atoms with Crippen molar-refractivity contribution in [1.29, 1.82) is 0 Å². The maximum absolute atomic E-state index is 6.11. The number of rotatable bonds is 10. The molecule has 0 saturated carbocycles. The van der Waals surface area contributed by atoms with Crippen molar-refractivity contribution < 1.29 is 9.47 Å². The molecule has 0 heterocycles. The molecule has 1 N–H and O–H groups in total. The zero-order valence-corrected chi connectivity index (χ0v) is 13.3. The van der Waals surface area contributed by atoms with Crippen molar-refractivity contribution in [2.45, 2.75) is 59.1 Å². The van der Waals surface area contributed by atoms with E-state index in [-0.39, 0.29) is 6.10 Å². The second-order valence-electron chi connectivity index (χ2n) is 5.09. The summed E-state index contributed by atoms with van der Waals surface area (Å²) in [5.41, 5.74) is 0. The van der Waals surface area contributed by atoms with Crippen molar-refractivity contribution in [3.05, 3.63) is 24.3 Å². The Labute approximate surface area is 123 Å². The molecule has 0 spiro atoms. The highest BCUT2D eigenvalue weighted by molar-refractivity contribution is 5.39. The molecule has 1 aromatic carbocycles. The van der Waals surface area contributed by atoms with Gasteiger partial charge in [-0.1, -0.05) is 32.9 Å². The van der Waals surface area contributed by atoms with Gasteiger partial charge in [0.2, 0.25) is 0 Å². The van der Waals surface area contributed by atoms with E-state index in [1.165, 1.54) is 0 Å². The van der Waals surface area contributed by atoms with Gasteiger partial charge in [-0.25, -0.2) is 0 Å². The fourth-order valence-electron chi connectivity index (χ4n) is 2.13. The standard InChI is InChI=1S/C17H29NO2/c1-5-12-18-15(7-3)14(4)20-17-11-9-8-10-16(17)19-13-6-2/h8-11,14-15,18H,5-7,12-13H2,1-4H3. The van der Waals surface area contributed by atoms with Gasteiger partial charge in [0.05, 0.1) is 6.61 Å². The van der Waals surface area contributed by atoms with Crippen LogP contribution in [0.25, 0.3) is 0 Å². The van der Waals surface area contributed by atoms with E-state index in [4.69, 9.17) is 9.47 Å². The van der Waals surface area contributed by atoms with Crippen molar-refractivity contribution >= 4 is 0 Å². The minimum absolute atomic E-state index is 0.123. The number of hydrogen-bond donors (Lipinski definition) is 1. The van der Waals surface area contributed by atoms with Gasteiger partial charge in [-0.05, 0) is 44.9 Å². The summed E-state index contributed by atoms with van der Waals surface area (Å²) < 4.78 is 11.8. The number of para-hydroxylation sites is 2. The fourth-order valence-corrected chi connectivity index (χ4v) is 2.13. The molecular formula is C17H29NO2. The molecule has 3 nitrogen and oxygen atoms in total. The molecule has 114 valence electrons. The smallest absolute Gasteiger partial charge is 0.161 e. The van der Waals surface area contributed by atoms with E-state index in [1.54, 1.807) is 0 Å². The van der Waals surface area contributed by atoms with Gasteiger partial charge in [0.25, 0.3) is 0 Å². The molecule has 0 bridgehead atoms. The van der Waals surface area contributed by atoms with E-state index in [9.17, 15) is 0 Å². The second kappa shape index (κ2) is 9.65. The van der Waals surface area contributed by atoms with E-state index in [2.05, 4.69) is 33.0 Å². The molecule has 0 fully saturated rings. The maximum atomic E-state index is 6.11. The summed E-state index contributed by atoms with van der Waals surface area (Å²) in [6.07, 6.45) is 3.32. The Morgan fingerprint density at radius 3 is 2.35 bits per heavy atom. The predicted octanol–water partition coefficient (Wildman–Crippen LogP) is 4.02. The van der Waals surface area contributed by atoms with Gasteiger partial charge in [0.1, 0.15) is 6.10 Å². The van der Waals surface area contributed by atoms with Crippen molar-refractivity contribution in [2.24, 2.45) is 0 Å². The summed E-state index contributed by atoms with van der Waals surface area (Å²) in [4.78, 5) is 0. The Balaban J connectivity index is 2.65. The van der Waals surface area contributed by atoms with E-state index in [0.29, 0.717) is 6.04 Å². The Bertz CT molecular complexity index is 368. The third kappa shape index (κ3) is 5.41. The first-order chi connectivity index (χ1) is 9.72. The van der Waals surface area contributed by atoms with E-state index >= 15 is 0 Å². The minimum Gasteiger partial charge on any atom is -0.490 e. The SMILES string of the molecule is CCCNC(CC)C(C)Oc1ccccc1OCCC. The molecule has 20 heavy (non-hydrogen) atoms. The summed E-state index contributed by atoms with van der Waals surface area (Å²) in [6.45, 7) is 10.3. The second-order valence-corrected chi connectivity index (χ2v) is 5.09. The molecule has 0 saturated heterocycles. The van der Waals surface area contributed by atoms with Gasteiger partial charge >= 0.3 is 0 Å². The van der Waals surface area contributed by atoms with Crippen LogP contribution in [0.4, 0.5) is 0 Å². The number of ether oxygens (including phenoxy) is 2. The molecule has 1 aromatic rings. The number of hydrogen-bond acceptors (Lipinski definition) is 3. The Morgan fingerprint density at radius 2 is 1.75 bits per heavy atom. The van der Waals surface area contributed by atoms with Crippen molar-refractivity contribution in [3.63, 3.8) is 0 Å². The van der Waals surface area contributed by atoms with Crippen molar-refractivity contribution in [1.82, 2.24) is 5.32 Å². The first kappa shape index (κ1) is 16.8. The highest BCUT2D eigenvalue weighted by atomic mass is 16.5. The van der Waals surface area contributed by atoms with Crippen LogP contribution in [0.15, 0.2) is 24.3 Å². The molecule has 1 rings (SSSR count). The van der Waals surface area contributed by atoms with Gasteiger partial charge in [0.15, 0.2) is 11.5 Å². The molecule has 2 atom stereocenters. The summed E-state index contributed by atoms with van der Waals surface area (Å²) >= 11 is 0. The van der Waals surface area contributed by atoms with Gasteiger partial charge in [-0.3, -0.25) is 0 Å². The lowest BCUT2D eigenvalue weighted by Gasteiger charge is -2.25. The van der Waals surface area contributed by atoms with Crippen LogP contribution in [-0.2, 0) is 0 Å². The molecule has 3 heteroatoms. The molecule has 0 aliphatic heterocycles. The molecule has 0 aliphatic carbocycles. The van der Waals surface area contributed by atoms with Crippen LogP contribution in [0.3, 0.4) is 0 Å². The van der Waals surface area contributed by atoms with Crippen LogP contribution in [-0.4, -0.2) is 25.3 Å². The zero-order valence-electron chi connectivity index (χ0n) is 13.3. The summed E-state index contributed by atoms with van der Waals surface area (Å²) in [5.74, 6) is 1.68. The average Bonchev–Trinajstić information content (AvgIpc) is 2.47. The lowest BCUT2D eigenvalue weighted by molar-refractivity contribution is 0.158. The van der Waals surface area contributed by atoms with Crippen molar-refractivity contribution in [2.75, 3.05) is 13.2 Å². The third-order valence-electron chi connectivity index (χ3n) is 3.29. The normalized spacial score (nSPS) is 13.8. The van der Waals surface area contributed by atoms with E-state index in [1.807, 2.05) is 24.3 Å². The highest BCUT2D eigenvalue weighted by Crippen LogP contribution is 2.28. The Hall–Kier alpha value is -1.22. The highest BCUT2D eigenvalue weighted by Gasteiger charge is 2.17. The number of nitrogens with one attached hydrogen (secondary N) is 1. The predicted molar refractivity (Wildman–Crippen MR) is 84.7 cm³/mol. The molecular weight excluding hydrogens is 250 g/mol. The monoisotopic (exact) mass is 279 g/mol. The van der Waals surface area contributed by atoms with Gasteiger partial charge < -0.3 is 14.8 Å². The van der Waals surface area contributed by atoms with Crippen molar-refractivity contribution in [3.8, 4) is 11.5 Å². The largest absolute Gasteiger partial charge is 0.490 e. The summed E-state index contributed by atoms with van der Waals surface area (Å²) in [7, 11) is 0. The van der Waals surface area contributed by atoms with Gasteiger partial charge in [-0.2, -0.15) is 0 Å². The topological polar surface area (TPSA) is 30.5 Å². The third-order valence-corrected chi connectivity index (χ3v) is 3.29. The fraction of sp³-hybridized carbons (Fsp3) is 0.647. The summed E-state index contributed by atoms with van der Waals surface area (Å²) in [5, 5.41) is 3.54. The minimum atomic E-state index is 0.123. The average molecular weight is 279 g/mol. The van der Waals surface area contributed by atoms with Crippen LogP contribution in [0, 0.1) is 0 Å². The molecule has 2 unspecified atom stereocenters. The lowest BCUT2D eigenvalue weighted by atomic mass is 10.1. The van der Waals surface area contributed by atoms with Crippen LogP contribution in [0.5, 0.6) is 11.5 Å². The summed E-state index contributed by atoms with van der Waals surface area (Å²) in [6, 6.07) is 8.29. The number of benzene rings is 1. The molecule has 0 aliphatic rings. The molecule has 0 radical (unpaired) electrons. The Kier molecular flexibility index (Phi) is 8.12. The van der Waals surface area contributed by atoms with E-state index in [0.717, 1.165) is 43.9 Å². The van der Waals surface area contributed by atoms with Gasteiger partial charge in [0, 0.05) is 6.04 Å². The quantitative estimate of drug-likeness (QED) is 0.701. The van der Waals surface area contributed by atoms with Crippen LogP contribution >= 0.6 is 0 Å².